The fraction of sp³-hybridized carbons (Fsp3) is 0.500. The summed E-state index contributed by atoms with van der Waals surface area (Å²) < 4.78 is 0. The van der Waals surface area contributed by atoms with Gasteiger partial charge in [-0.2, -0.15) is 0 Å². The maximum absolute atomic E-state index is 11.6. The maximum Gasteiger partial charge on any atom is 0.242 e. The molecule has 1 fully saturated rings. The van der Waals surface area contributed by atoms with E-state index in [1.54, 1.807) is 6.07 Å². The van der Waals surface area contributed by atoms with Gasteiger partial charge in [0.1, 0.15) is 17.7 Å². The number of aromatic nitrogens is 2. The van der Waals surface area contributed by atoms with Gasteiger partial charge in [0.05, 0.1) is 0 Å². The normalized spacial score (nSPS) is 19.8. The highest BCUT2D eigenvalue weighted by molar-refractivity contribution is 7.98. The van der Waals surface area contributed by atoms with Crippen LogP contribution in [0.5, 0.6) is 0 Å². The molecular weight excluding hydrogens is 238 g/mol. The Hall–Kier alpha value is -1.50. The smallest absolute Gasteiger partial charge is 0.242 e. The van der Waals surface area contributed by atoms with Crippen LogP contribution in [0.4, 0.5) is 11.6 Å². The molecule has 0 aromatic carbocycles. The first-order chi connectivity index (χ1) is 8.19. The molecule has 1 unspecified atom stereocenters. The number of nitrogens with two attached hydrogens (primary N) is 1. The van der Waals surface area contributed by atoms with Gasteiger partial charge in [0.15, 0.2) is 5.16 Å². The molecule has 0 radical (unpaired) electrons. The van der Waals surface area contributed by atoms with Gasteiger partial charge in [0.25, 0.3) is 0 Å². The van der Waals surface area contributed by atoms with Crippen LogP contribution in [0.15, 0.2) is 11.2 Å². The SMILES string of the molecule is CSc1nc(N)cc(NC2CCCNC2=O)n1. The van der Waals surface area contributed by atoms with Crippen molar-refractivity contribution in [1.82, 2.24) is 15.3 Å². The molecule has 92 valence electrons. The van der Waals surface area contributed by atoms with Gasteiger partial charge in [-0.05, 0) is 19.1 Å². The lowest BCUT2D eigenvalue weighted by Crippen LogP contribution is -2.44. The lowest BCUT2D eigenvalue weighted by molar-refractivity contribution is -0.123. The van der Waals surface area contributed by atoms with Gasteiger partial charge >= 0.3 is 0 Å². The van der Waals surface area contributed by atoms with Gasteiger partial charge in [-0.25, -0.2) is 9.97 Å². The second kappa shape index (κ2) is 5.22. The molecule has 1 saturated heterocycles. The highest BCUT2D eigenvalue weighted by Crippen LogP contribution is 2.17. The summed E-state index contributed by atoms with van der Waals surface area (Å²) in [6, 6.07) is 1.41. The molecule has 4 N–H and O–H groups in total. The molecule has 1 aliphatic rings. The summed E-state index contributed by atoms with van der Waals surface area (Å²) >= 11 is 1.42. The summed E-state index contributed by atoms with van der Waals surface area (Å²) in [5, 5.41) is 6.50. The first kappa shape index (κ1) is 12.0. The number of piperidine rings is 1. The van der Waals surface area contributed by atoms with Crippen LogP contribution < -0.4 is 16.4 Å². The largest absolute Gasteiger partial charge is 0.383 e. The second-order valence-corrected chi connectivity index (χ2v) is 4.57. The first-order valence-electron chi connectivity index (χ1n) is 5.42. The van der Waals surface area contributed by atoms with Gasteiger partial charge in [0, 0.05) is 12.6 Å². The molecule has 1 aliphatic heterocycles. The molecule has 0 bridgehead atoms. The summed E-state index contributed by atoms with van der Waals surface area (Å²) in [7, 11) is 0. The summed E-state index contributed by atoms with van der Waals surface area (Å²) in [4.78, 5) is 19.9. The van der Waals surface area contributed by atoms with E-state index in [1.807, 2.05) is 6.26 Å². The molecule has 1 amide bonds. The average Bonchev–Trinajstić information content (AvgIpc) is 2.31. The fourth-order valence-electron chi connectivity index (χ4n) is 1.70. The zero-order valence-corrected chi connectivity index (χ0v) is 10.4. The van der Waals surface area contributed by atoms with Crippen molar-refractivity contribution in [2.24, 2.45) is 0 Å². The summed E-state index contributed by atoms with van der Waals surface area (Å²) in [6.45, 7) is 0.749. The number of anilines is 2. The Morgan fingerprint density at radius 2 is 2.41 bits per heavy atom. The van der Waals surface area contributed by atoms with Crippen LogP contribution >= 0.6 is 11.8 Å². The number of nitrogen functional groups attached to an aromatic ring is 1. The van der Waals surface area contributed by atoms with E-state index < -0.39 is 0 Å². The van der Waals surface area contributed by atoms with Crippen LogP contribution in [-0.4, -0.2) is 34.7 Å². The number of carbonyl (C=O) groups excluding carboxylic acids is 1. The quantitative estimate of drug-likeness (QED) is 0.535. The van der Waals surface area contributed by atoms with Gasteiger partial charge in [0.2, 0.25) is 5.91 Å². The van der Waals surface area contributed by atoms with Crippen molar-refractivity contribution in [3.05, 3.63) is 6.07 Å². The summed E-state index contributed by atoms with van der Waals surface area (Å²) in [5.41, 5.74) is 5.67. The van der Waals surface area contributed by atoms with Crippen molar-refractivity contribution < 1.29 is 4.79 Å². The molecule has 2 rings (SSSR count). The lowest BCUT2D eigenvalue weighted by atomic mass is 10.1. The Balaban J connectivity index is 2.11. The number of nitrogens with one attached hydrogen (secondary N) is 2. The van der Waals surface area contributed by atoms with Crippen molar-refractivity contribution in [1.29, 1.82) is 0 Å². The van der Waals surface area contributed by atoms with Gasteiger partial charge in [-0.1, -0.05) is 11.8 Å². The van der Waals surface area contributed by atoms with Crippen LogP contribution in [0.2, 0.25) is 0 Å². The highest BCUT2D eigenvalue weighted by atomic mass is 32.2. The predicted octanol–water partition coefficient (Wildman–Crippen LogP) is 0.471. The molecule has 1 aromatic heterocycles. The third kappa shape index (κ3) is 3.00. The molecule has 1 atom stereocenters. The number of amides is 1. The molecular formula is C10H15N5OS. The van der Waals surface area contributed by atoms with E-state index in [-0.39, 0.29) is 11.9 Å². The third-order valence-corrected chi connectivity index (χ3v) is 3.06. The number of hydrogen-bond acceptors (Lipinski definition) is 6. The van der Waals surface area contributed by atoms with E-state index in [2.05, 4.69) is 20.6 Å². The number of carbonyl (C=O) groups is 1. The minimum atomic E-state index is -0.229. The molecule has 0 aliphatic carbocycles. The standard InChI is InChI=1S/C10H15N5OS/c1-17-10-14-7(11)5-8(15-10)13-6-3-2-4-12-9(6)16/h5-6H,2-4H2,1H3,(H,12,16)(H3,11,13,14,15). The third-order valence-electron chi connectivity index (χ3n) is 2.52. The molecule has 17 heavy (non-hydrogen) atoms. The Morgan fingerprint density at radius 3 is 3.12 bits per heavy atom. The minimum Gasteiger partial charge on any atom is -0.383 e. The Labute approximate surface area is 104 Å². The predicted molar refractivity (Wildman–Crippen MR) is 67.9 cm³/mol. The molecule has 0 saturated carbocycles. The van der Waals surface area contributed by atoms with Crippen LogP contribution in [-0.2, 0) is 4.79 Å². The minimum absolute atomic E-state index is 0.0131. The Kier molecular flexibility index (Phi) is 3.68. The van der Waals surface area contributed by atoms with Crippen molar-refractivity contribution >= 4 is 29.3 Å². The van der Waals surface area contributed by atoms with Crippen molar-refractivity contribution in [2.75, 3.05) is 23.9 Å². The zero-order valence-electron chi connectivity index (χ0n) is 9.56. The van der Waals surface area contributed by atoms with Crippen LogP contribution in [0.3, 0.4) is 0 Å². The van der Waals surface area contributed by atoms with E-state index in [0.717, 1.165) is 19.4 Å². The number of hydrogen-bond donors (Lipinski definition) is 3. The van der Waals surface area contributed by atoms with E-state index in [1.165, 1.54) is 11.8 Å². The molecule has 2 heterocycles. The van der Waals surface area contributed by atoms with Crippen molar-refractivity contribution in [3.8, 4) is 0 Å². The van der Waals surface area contributed by atoms with Gasteiger partial charge in [-0.15, -0.1) is 0 Å². The van der Waals surface area contributed by atoms with Gasteiger partial charge < -0.3 is 16.4 Å². The number of thioether (sulfide) groups is 1. The van der Waals surface area contributed by atoms with Crippen molar-refractivity contribution in [2.45, 2.75) is 24.0 Å². The van der Waals surface area contributed by atoms with Gasteiger partial charge in [-0.3, -0.25) is 4.79 Å². The number of rotatable bonds is 3. The van der Waals surface area contributed by atoms with E-state index in [9.17, 15) is 4.79 Å². The lowest BCUT2D eigenvalue weighted by Gasteiger charge is -2.23. The Bertz CT molecular complexity index is 425. The van der Waals surface area contributed by atoms with Crippen LogP contribution in [0.1, 0.15) is 12.8 Å². The van der Waals surface area contributed by atoms with Crippen molar-refractivity contribution in [3.63, 3.8) is 0 Å². The second-order valence-electron chi connectivity index (χ2n) is 3.79. The van der Waals surface area contributed by atoms with E-state index >= 15 is 0 Å². The van der Waals surface area contributed by atoms with Crippen LogP contribution in [0, 0.1) is 0 Å². The highest BCUT2D eigenvalue weighted by Gasteiger charge is 2.22. The molecule has 7 heteroatoms. The van der Waals surface area contributed by atoms with Crippen LogP contribution in [0.25, 0.3) is 0 Å². The first-order valence-corrected chi connectivity index (χ1v) is 6.64. The molecule has 6 nitrogen and oxygen atoms in total. The molecule has 0 spiro atoms. The monoisotopic (exact) mass is 253 g/mol. The zero-order chi connectivity index (χ0) is 12.3. The summed E-state index contributed by atoms with van der Waals surface area (Å²) in [5.74, 6) is 1.02. The number of nitrogens with zero attached hydrogens (tertiary/aromatic N) is 2. The molecule has 1 aromatic rings. The van der Waals surface area contributed by atoms with E-state index in [0.29, 0.717) is 16.8 Å². The average molecular weight is 253 g/mol. The Morgan fingerprint density at radius 1 is 1.59 bits per heavy atom. The summed E-state index contributed by atoms with van der Waals surface area (Å²) in [6.07, 6.45) is 3.66. The fourth-order valence-corrected chi connectivity index (χ4v) is 2.08. The topological polar surface area (TPSA) is 92.9 Å². The maximum atomic E-state index is 11.6. The van der Waals surface area contributed by atoms with E-state index in [4.69, 9.17) is 5.73 Å².